The fourth-order valence-corrected chi connectivity index (χ4v) is 5.55. The molecular formula is C24H24BrClN6O3. The Balaban J connectivity index is 1.46. The molecule has 0 saturated heterocycles. The van der Waals surface area contributed by atoms with Gasteiger partial charge in [-0.2, -0.15) is 9.61 Å². The number of nitrogens with zero attached hydrogens (tertiary/aromatic N) is 4. The summed E-state index contributed by atoms with van der Waals surface area (Å²) in [7, 11) is 1.53. The number of carboxylic acid groups (broad SMARTS) is 1. The summed E-state index contributed by atoms with van der Waals surface area (Å²) in [6.45, 7) is 0.563. The highest BCUT2D eigenvalue weighted by molar-refractivity contribution is 9.10. The molecule has 35 heavy (non-hydrogen) atoms. The van der Waals surface area contributed by atoms with Crippen LogP contribution in [0.2, 0.25) is 5.02 Å². The van der Waals surface area contributed by atoms with Crippen LogP contribution in [0.25, 0.3) is 16.9 Å². The Morgan fingerprint density at radius 2 is 2.06 bits per heavy atom. The number of dihydropyridines is 1. The van der Waals surface area contributed by atoms with Gasteiger partial charge in [0.25, 0.3) is 0 Å². The predicted molar refractivity (Wildman–Crippen MR) is 137 cm³/mol. The van der Waals surface area contributed by atoms with Gasteiger partial charge in [-0.25, -0.2) is 9.97 Å². The van der Waals surface area contributed by atoms with Gasteiger partial charge in [-0.05, 0) is 59.3 Å². The SMILES string of the molecule is COc1ncc(C2=CC=C(c3cnn4c(N)c(Br)c([C@H]5CC[C@H](C(=O)O)CC5)nc34)CN2)cc1Cl. The number of nitrogens with two attached hydrogens (primary N) is 1. The average molecular weight is 560 g/mol. The zero-order valence-corrected chi connectivity index (χ0v) is 21.3. The molecule has 0 aromatic carbocycles. The van der Waals surface area contributed by atoms with Gasteiger partial charge in [0, 0.05) is 35.5 Å². The molecule has 11 heteroatoms. The van der Waals surface area contributed by atoms with Gasteiger partial charge in [0.05, 0.1) is 29.4 Å². The Bertz CT molecular complexity index is 1380. The monoisotopic (exact) mass is 558 g/mol. The zero-order chi connectivity index (χ0) is 24.7. The Kier molecular flexibility index (Phi) is 6.41. The van der Waals surface area contributed by atoms with Crippen molar-refractivity contribution in [2.24, 2.45) is 5.92 Å². The number of hydrogen-bond donors (Lipinski definition) is 3. The van der Waals surface area contributed by atoms with E-state index in [1.54, 1.807) is 16.9 Å². The van der Waals surface area contributed by atoms with E-state index in [1.165, 1.54) is 7.11 Å². The van der Waals surface area contributed by atoms with Gasteiger partial charge in [0.1, 0.15) is 10.8 Å². The predicted octanol–water partition coefficient (Wildman–Crippen LogP) is 4.52. The normalized spacial score (nSPS) is 20.2. The molecule has 0 unspecified atom stereocenters. The van der Waals surface area contributed by atoms with Crippen LogP contribution in [0, 0.1) is 5.92 Å². The number of ether oxygens (including phenoxy) is 1. The molecule has 0 bridgehead atoms. The second-order valence-electron chi connectivity index (χ2n) is 8.72. The number of allylic oxidation sites excluding steroid dienone is 2. The first-order chi connectivity index (χ1) is 16.9. The summed E-state index contributed by atoms with van der Waals surface area (Å²) in [5.41, 5.74) is 11.6. The van der Waals surface area contributed by atoms with Crippen molar-refractivity contribution in [2.45, 2.75) is 31.6 Å². The highest BCUT2D eigenvalue weighted by Gasteiger charge is 2.30. The molecule has 0 spiro atoms. The second kappa shape index (κ2) is 9.50. The van der Waals surface area contributed by atoms with Gasteiger partial charge in [0.15, 0.2) is 5.65 Å². The molecule has 4 heterocycles. The first kappa shape index (κ1) is 23.6. The lowest BCUT2D eigenvalue weighted by molar-refractivity contribution is -0.142. The van der Waals surface area contributed by atoms with Crippen molar-refractivity contribution in [3.63, 3.8) is 0 Å². The third kappa shape index (κ3) is 4.36. The van der Waals surface area contributed by atoms with E-state index in [2.05, 4.69) is 31.3 Å². The van der Waals surface area contributed by atoms with Crippen LogP contribution in [0.3, 0.4) is 0 Å². The molecule has 4 N–H and O–H groups in total. The van der Waals surface area contributed by atoms with Crippen molar-refractivity contribution in [2.75, 3.05) is 19.4 Å². The maximum atomic E-state index is 11.3. The topological polar surface area (TPSA) is 128 Å². The van der Waals surface area contributed by atoms with Crippen LogP contribution < -0.4 is 15.8 Å². The molecular weight excluding hydrogens is 536 g/mol. The third-order valence-corrected chi connectivity index (χ3v) is 7.77. The fourth-order valence-electron chi connectivity index (χ4n) is 4.72. The summed E-state index contributed by atoms with van der Waals surface area (Å²) >= 11 is 9.84. The van der Waals surface area contributed by atoms with E-state index < -0.39 is 5.97 Å². The number of halogens is 2. The molecule has 0 amide bonds. The van der Waals surface area contributed by atoms with Crippen LogP contribution in [0.1, 0.15) is 48.4 Å². The summed E-state index contributed by atoms with van der Waals surface area (Å²) < 4.78 is 7.49. The Hall–Kier alpha value is -3.11. The maximum Gasteiger partial charge on any atom is 0.306 e. The van der Waals surface area contributed by atoms with Crippen LogP contribution in [-0.4, -0.2) is 44.3 Å². The van der Waals surface area contributed by atoms with Gasteiger partial charge in [-0.3, -0.25) is 4.79 Å². The number of fused-ring (bicyclic) bond motifs is 1. The fraction of sp³-hybridized carbons (Fsp3) is 0.333. The molecule has 3 aromatic heterocycles. The summed E-state index contributed by atoms with van der Waals surface area (Å²) in [6.07, 6.45) is 10.3. The molecule has 0 atom stereocenters. The molecule has 3 aromatic rings. The number of pyridine rings is 1. The smallest absolute Gasteiger partial charge is 0.306 e. The number of hydrogen-bond acceptors (Lipinski definition) is 7. The lowest BCUT2D eigenvalue weighted by Crippen LogP contribution is -2.22. The highest BCUT2D eigenvalue weighted by Crippen LogP contribution is 2.40. The largest absolute Gasteiger partial charge is 0.481 e. The van der Waals surface area contributed by atoms with E-state index in [-0.39, 0.29) is 11.8 Å². The van der Waals surface area contributed by atoms with E-state index in [1.807, 2.05) is 18.2 Å². The Morgan fingerprint density at radius 3 is 2.69 bits per heavy atom. The van der Waals surface area contributed by atoms with Crippen molar-refractivity contribution in [3.8, 4) is 5.88 Å². The second-order valence-corrected chi connectivity index (χ2v) is 9.92. The van der Waals surface area contributed by atoms with E-state index >= 15 is 0 Å². The number of carbonyl (C=O) groups is 1. The molecule has 1 saturated carbocycles. The minimum atomic E-state index is -0.722. The van der Waals surface area contributed by atoms with Crippen LogP contribution in [0.4, 0.5) is 5.82 Å². The van der Waals surface area contributed by atoms with Crippen molar-refractivity contribution < 1.29 is 14.6 Å². The minimum absolute atomic E-state index is 0.146. The number of methoxy groups -OCH3 is 1. The first-order valence-electron chi connectivity index (χ1n) is 11.3. The number of aliphatic carboxylic acids is 1. The summed E-state index contributed by atoms with van der Waals surface area (Å²) in [5.74, 6) is 0.00665. The number of nitrogens with one attached hydrogen (secondary N) is 1. The van der Waals surface area contributed by atoms with Gasteiger partial charge < -0.3 is 20.9 Å². The third-order valence-electron chi connectivity index (χ3n) is 6.69. The van der Waals surface area contributed by atoms with Gasteiger partial charge in [-0.15, -0.1) is 0 Å². The van der Waals surface area contributed by atoms with E-state index in [9.17, 15) is 9.90 Å². The van der Waals surface area contributed by atoms with Crippen molar-refractivity contribution in [3.05, 3.63) is 56.9 Å². The number of rotatable bonds is 5. The molecule has 182 valence electrons. The molecule has 1 fully saturated rings. The lowest BCUT2D eigenvalue weighted by atomic mass is 9.80. The van der Waals surface area contributed by atoms with Crippen molar-refractivity contribution in [1.82, 2.24) is 24.9 Å². The number of carboxylic acids is 1. The van der Waals surface area contributed by atoms with Gasteiger partial charge in [0.2, 0.25) is 5.88 Å². The van der Waals surface area contributed by atoms with Gasteiger partial charge in [-0.1, -0.05) is 17.7 Å². The van der Waals surface area contributed by atoms with Crippen LogP contribution >= 0.6 is 27.5 Å². The quantitative estimate of drug-likeness (QED) is 0.416. The first-order valence-corrected chi connectivity index (χ1v) is 12.4. The number of nitrogen functional groups attached to an aromatic ring is 1. The zero-order valence-electron chi connectivity index (χ0n) is 19.0. The summed E-state index contributed by atoms with van der Waals surface area (Å²) in [6, 6.07) is 1.81. The molecule has 1 aliphatic carbocycles. The van der Waals surface area contributed by atoms with E-state index in [4.69, 9.17) is 27.1 Å². The summed E-state index contributed by atoms with van der Waals surface area (Å²) in [5, 5.41) is 17.7. The van der Waals surface area contributed by atoms with Gasteiger partial charge >= 0.3 is 5.97 Å². The van der Waals surface area contributed by atoms with Crippen LogP contribution in [0.5, 0.6) is 5.88 Å². The molecule has 2 aliphatic rings. The molecule has 1 aliphatic heterocycles. The van der Waals surface area contributed by atoms with Crippen molar-refractivity contribution >= 4 is 56.2 Å². The maximum absolute atomic E-state index is 11.3. The standard InChI is InChI=1S/C24H24BrClN6O3/c1-35-23-17(26)8-15(10-29-23)18-7-6-14(9-28-18)16-11-30-32-21(27)19(25)20(31-22(16)32)12-2-4-13(5-3-12)24(33)34/h6-8,10-13,28H,2-5,9,27H2,1H3,(H,33,34)/t12-,13-. The molecule has 0 radical (unpaired) electrons. The molecule has 9 nitrogen and oxygen atoms in total. The van der Waals surface area contributed by atoms with E-state index in [0.717, 1.165) is 45.4 Å². The highest BCUT2D eigenvalue weighted by atomic mass is 79.9. The Morgan fingerprint density at radius 1 is 1.29 bits per heavy atom. The Labute approximate surface area is 215 Å². The number of aromatic nitrogens is 4. The molecule has 5 rings (SSSR count). The lowest BCUT2D eigenvalue weighted by Gasteiger charge is -2.26. The van der Waals surface area contributed by atoms with E-state index in [0.29, 0.717) is 41.8 Å². The average Bonchev–Trinajstić information content (AvgIpc) is 3.30. The van der Waals surface area contributed by atoms with Crippen LogP contribution in [0.15, 0.2) is 35.1 Å². The number of anilines is 1. The summed E-state index contributed by atoms with van der Waals surface area (Å²) in [4.78, 5) is 20.6. The minimum Gasteiger partial charge on any atom is -0.481 e. The van der Waals surface area contributed by atoms with Crippen LogP contribution in [-0.2, 0) is 4.79 Å². The van der Waals surface area contributed by atoms with Crippen molar-refractivity contribution in [1.29, 1.82) is 0 Å².